The zero-order valence-electron chi connectivity index (χ0n) is 11.2. The van der Waals surface area contributed by atoms with Gasteiger partial charge in [0.2, 0.25) is 0 Å². The molecule has 0 bridgehead atoms. The maximum atomic E-state index is 5.58. The lowest BCUT2D eigenvalue weighted by Gasteiger charge is -2.49. The van der Waals surface area contributed by atoms with Gasteiger partial charge in [0.05, 0.1) is 24.8 Å². The first-order valence-corrected chi connectivity index (χ1v) is 7.68. The molecule has 2 saturated heterocycles. The van der Waals surface area contributed by atoms with E-state index in [0.717, 1.165) is 42.4 Å². The summed E-state index contributed by atoms with van der Waals surface area (Å²) < 4.78 is 11.9. The third kappa shape index (κ3) is 2.30. The van der Waals surface area contributed by atoms with Gasteiger partial charge in [0.1, 0.15) is 5.75 Å². The molecule has 0 saturated carbocycles. The summed E-state index contributed by atoms with van der Waals surface area (Å²) in [5.41, 5.74) is 1.61. The minimum atomic E-state index is 0.219. The van der Waals surface area contributed by atoms with Gasteiger partial charge in [0.15, 0.2) is 0 Å². The number of rotatable bonds is 3. The second kappa shape index (κ2) is 5.43. The molecule has 1 aromatic rings. The van der Waals surface area contributed by atoms with Crippen LogP contribution in [0.4, 0.5) is 0 Å². The largest absolute Gasteiger partial charge is 0.496 e. The molecule has 0 amide bonds. The van der Waals surface area contributed by atoms with Gasteiger partial charge >= 0.3 is 0 Å². The van der Waals surface area contributed by atoms with Gasteiger partial charge in [-0.2, -0.15) is 0 Å². The van der Waals surface area contributed by atoms with Gasteiger partial charge in [-0.05, 0) is 65.5 Å². The number of piperidine rings is 1. The van der Waals surface area contributed by atoms with Crippen LogP contribution in [-0.4, -0.2) is 33.4 Å². The highest BCUT2D eigenvalue weighted by Gasteiger charge is 2.47. The van der Waals surface area contributed by atoms with Gasteiger partial charge in [-0.3, -0.25) is 0 Å². The lowest BCUT2D eigenvalue weighted by Crippen LogP contribution is -2.54. The second-order valence-electron chi connectivity index (χ2n) is 5.52. The fourth-order valence-electron chi connectivity index (χ4n) is 3.31. The van der Waals surface area contributed by atoms with Crippen molar-refractivity contribution in [3.05, 3.63) is 28.2 Å². The molecule has 2 aliphatic rings. The molecule has 2 fully saturated rings. The number of hydrogen-bond acceptors (Lipinski definition) is 3. The molecule has 0 aromatic heterocycles. The number of methoxy groups -OCH3 is 1. The molecule has 104 valence electrons. The predicted octanol–water partition coefficient (Wildman–Crippen LogP) is 2.73. The third-order valence-electron chi connectivity index (χ3n) is 4.57. The normalized spacial score (nSPS) is 22.8. The van der Waals surface area contributed by atoms with Crippen LogP contribution in [0.25, 0.3) is 0 Å². The van der Waals surface area contributed by atoms with Gasteiger partial charge in [-0.15, -0.1) is 0 Å². The summed E-state index contributed by atoms with van der Waals surface area (Å²) in [6.45, 7) is 3.97. The van der Waals surface area contributed by atoms with Crippen LogP contribution < -0.4 is 10.1 Å². The predicted molar refractivity (Wildman–Crippen MR) is 78.8 cm³/mol. The molecule has 4 heteroatoms. The standard InChI is InChI=1S/C15H20BrNO2/c1-18-14-3-2-12(8-13(14)16)15(9-19-10-15)11-4-6-17-7-5-11/h2-3,8,11,17H,4-7,9-10H2,1H3. The van der Waals surface area contributed by atoms with Crippen LogP contribution in [-0.2, 0) is 10.2 Å². The molecular weight excluding hydrogens is 306 g/mol. The smallest absolute Gasteiger partial charge is 0.133 e. The number of halogens is 1. The van der Waals surface area contributed by atoms with Crippen molar-refractivity contribution in [2.24, 2.45) is 5.92 Å². The summed E-state index contributed by atoms with van der Waals surface area (Å²) in [4.78, 5) is 0. The maximum Gasteiger partial charge on any atom is 0.133 e. The zero-order chi connectivity index (χ0) is 13.3. The summed E-state index contributed by atoms with van der Waals surface area (Å²) in [6, 6.07) is 6.47. The summed E-state index contributed by atoms with van der Waals surface area (Å²) in [7, 11) is 1.70. The minimum absolute atomic E-state index is 0.219. The Kier molecular flexibility index (Phi) is 3.83. The van der Waals surface area contributed by atoms with Crippen LogP contribution in [0.15, 0.2) is 22.7 Å². The molecule has 2 heterocycles. The summed E-state index contributed by atoms with van der Waals surface area (Å²) >= 11 is 3.60. The van der Waals surface area contributed by atoms with Crippen LogP contribution in [0.1, 0.15) is 18.4 Å². The number of benzene rings is 1. The first-order valence-electron chi connectivity index (χ1n) is 6.89. The molecule has 0 unspecified atom stereocenters. The van der Waals surface area contributed by atoms with E-state index in [9.17, 15) is 0 Å². The van der Waals surface area contributed by atoms with E-state index in [1.807, 2.05) is 0 Å². The highest BCUT2D eigenvalue weighted by Crippen LogP contribution is 2.44. The first kappa shape index (κ1) is 13.4. The van der Waals surface area contributed by atoms with Gasteiger partial charge in [-0.25, -0.2) is 0 Å². The van der Waals surface area contributed by atoms with Gasteiger partial charge in [0.25, 0.3) is 0 Å². The average Bonchev–Trinajstić information content (AvgIpc) is 2.39. The average molecular weight is 326 g/mol. The topological polar surface area (TPSA) is 30.5 Å². The molecular formula is C15H20BrNO2. The lowest BCUT2D eigenvalue weighted by molar-refractivity contribution is -0.0964. The van der Waals surface area contributed by atoms with E-state index in [1.54, 1.807) is 7.11 Å². The van der Waals surface area contributed by atoms with Crippen LogP contribution in [0, 0.1) is 5.92 Å². The Balaban J connectivity index is 1.90. The van der Waals surface area contributed by atoms with E-state index in [1.165, 1.54) is 18.4 Å². The van der Waals surface area contributed by atoms with E-state index in [4.69, 9.17) is 9.47 Å². The highest BCUT2D eigenvalue weighted by molar-refractivity contribution is 9.10. The maximum absolute atomic E-state index is 5.58. The van der Waals surface area contributed by atoms with E-state index in [2.05, 4.69) is 39.4 Å². The Hall–Kier alpha value is -0.580. The molecule has 0 spiro atoms. The van der Waals surface area contributed by atoms with Gasteiger partial charge in [0, 0.05) is 5.41 Å². The SMILES string of the molecule is COc1ccc(C2(C3CCNCC3)COC2)cc1Br. The van der Waals surface area contributed by atoms with Gasteiger partial charge in [-0.1, -0.05) is 6.07 Å². The Morgan fingerprint density at radius 3 is 2.58 bits per heavy atom. The van der Waals surface area contributed by atoms with Crippen LogP contribution in [0.5, 0.6) is 5.75 Å². The number of ether oxygens (including phenoxy) is 2. The Labute approximate surface area is 122 Å². The number of nitrogens with one attached hydrogen (secondary N) is 1. The molecule has 3 nitrogen and oxygen atoms in total. The highest BCUT2D eigenvalue weighted by atomic mass is 79.9. The fourth-order valence-corrected chi connectivity index (χ4v) is 3.85. The molecule has 3 rings (SSSR count). The third-order valence-corrected chi connectivity index (χ3v) is 5.19. The van der Waals surface area contributed by atoms with Crippen LogP contribution >= 0.6 is 15.9 Å². The van der Waals surface area contributed by atoms with Crippen LogP contribution in [0.2, 0.25) is 0 Å². The zero-order valence-corrected chi connectivity index (χ0v) is 12.8. The van der Waals surface area contributed by atoms with Crippen LogP contribution in [0.3, 0.4) is 0 Å². The Morgan fingerprint density at radius 2 is 2.05 bits per heavy atom. The van der Waals surface area contributed by atoms with Crippen molar-refractivity contribution >= 4 is 15.9 Å². The summed E-state index contributed by atoms with van der Waals surface area (Å²) in [6.07, 6.45) is 2.49. The Bertz CT molecular complexity index is 453. The first-order chi connectivity index (χ1) is 9.26. The molecule has 19 heavy (non-hydrogen) atoms. The number of hydrogen-bond donors (Lipinski definition) is 1. The van der Waals surface area contributed by atoms with E-state index < -0.39 is 0 Å². The quantitative estimate of drug-likeness (QED) is 0.926. The van der Waals surface area contributed by atoms with Crippen molar-refractivity contribution in [3.63, 3.8) is 0 Å². The van der Waals surface area contributed by atoms with E-state index >= 15 is 0 Å². The van der Waals surface area contributed by atoms with Crippen molar-refractivity contribution in [3.8, 4) is 5.75 Å². The molecule has 1 aromatic carbocycles. The lowest BCUT2D eigenvalue weighted by atomic mass is 9.65. The van der Waals surface area contributed by atoms with Crippen molar-refractivity contribution in [2.45, 2.75) is 18.3 Å². The Morgan fingerprint density at radius 1 is 1.32 bits per heavy atom. The van der Waals surface area contributed by atoms with E-state index in [-0.39, 0.29) is 5.41 Å². The summed E-state index contributed by atoms with van der Waals surface area (Å²) in [5.74, 6) is 1.62. The summed E-state index contributed by atoms with van der Waals surface area (Å²) in [5, 5.41) is 3.45. The second-order valence-corrected chi connectivity index (χ2v) is 6.38. The van der Waals surface area contributed by atoms with Crippen molar-refractivity contribution < 1.29 is 9.47 Å². The molecule has 0 atom stereocenters. The van der Waals surface area contributed by atoms with Crippen molar-refractivity contribution in [1.82, 2.24) is 5.32 Å². The van der Waals surface area contributed by atoms with Crippen molar-refractivity contribution in [1.29, 1.82) is 0 Å². The monoisotopic (exact) mass is 325 g/mol. The van der Waals surface area contributed by atoms with Gasteiger partial charge < -0.3 is 14.8 Å². The molecule has 0 aliphatic carbocycles. The van der Waals surface area contributed by atoms with E-state index in [0.29, 0.717) is 0 Å². The minimum Gasteiger partial charge on any atom is -0.496 e. The molecule has 1 N–H and O–H groups in total. The van der Waals surface area contributed by atoms with Crippen molar-refractivity contribution in [2.75, 3.05) is 33.4 Å². The molecule has 2 aliphatic heterocycles. The molecule has 0 radical (unpaired) electrons. The fraction of sp³-hybridized carbons (Fsp3) is 0.600.